The molecular formula is C7H15N3O2. The van der Waals surface area contributed by atoms with Crippen molar-refractivity contribution in [3.8, 4) is 0 Å². The predicted molar refractivity (Wildman–Crippen MR) is 44.3 cm³/mol. The number of nitrogens with two attached hydrogens (primary N) is 1. The van der Waals surface area contributed by atoms with Gasteiger partial charge in [0.1, 0.15) is 0 Å². The molecule has 0 radical (unpaired) electrons. The Balaban J connectivity index is 2.09. The van der Waals surface area contributed by atoms with Gasteiger partial charge in [-0.1, -0.05) is 0 Å². The molecule has 1 aliphatic heterocycles. The smallest absolute Gasteiger partial charge is 0.328 e. The highest BCUT2D eigenvalue weighted by atomic mass is 16.5. The molecule has 0 aromatic rings. The van der Waals surface area contributed by atoms with Crippen LogP contribution in [0.4, 0.5) is 4.79 Å². The molecule has 12 heavy (non-hydrogen) atoms. The van der Waals surface area contributed by atoms with Gasteiger partial charge in [0.25, 0.3) is 0 Å². The number of nitrogens with one attached hydrogen (secondary N) is 2. The Morgan fingerprint density at radius 2 is 2.17 bits per heavy atom. The van der Waals surface area contributed by atoms with Crippen molar-refractivity contribution < 1.29 is 9.53 Å². The molecule has 1 fully saturated rings. The fraction of sp³-hybridized carbons (Fsp3) is 0.857. The summed E-state index contributed by atoms with van der Waals surface area (Å²) in [5, 5.41) is 2.67. The summed E-state index contributed by atoms with van der Waals surface area (Å²) in [7, 11) is 0. The van der Waals surface area contributed by atoms with Crippen molar-refractivity contribution in [2.24, 2.45) is 11.8 Å². The van der Waals surface area contributed by atoms with Crippen LogP contribution < -0.4 is 16.6 Å². The normalized spacial score (nSPS) is 18.8. The average molecular weight is 173 g/mol. The van der Waals surface area contributed by atoms with E-state index in [1.807, 2.05) is 5.43 Å². The first-order chi connectivity index (χ1) is 5.83. The second kappa shape index (κ2) is 4.95. The summed E-state index contributed by atoms with van der Waals surface area (Å²) >= 11 is 0. The molecule has 0 atom stereocenters. The molecule has 0 aromatic heterocycles. The van der Waals surface area contributed by atoms with Crippen LogP contribution in [0.2, 0.25) is 0 Å². The van der Waals surface area contributed by atoms with Crippen LogP contribution in [0.25, 0.3) is 0 Å². The monoisotopic (exact) mass is 173 g/mol. The van der Waals surface area contributed by atoms with Crippen molar-refractivity contribution in [2.75, 3.05) is 19.8 Å². The summed E-state index contributed by atoms with van der Waals surface area (Å²) in [6, 6.07) is -0.318. The topological polar surface area (TPSA) is 76.4 Å². The number of rotatable bonds is 2. The highest BCUT2D eigenvalue weighted by molar-refractivity contribution is 5.72. The number of hydrogen-bond acceptors (Lipinski definition) is 3. The van der Waals surface area contributed by atoms with E-state index in [2.05, 4.69) is 5.32 Å². The minimum atomic E-state index is -0.318. The molecule has 0 spiro atoms. The molecule has 0 aliphatic carbocycles. The maximum absolute atomic E-state index is 10.7. The lowest BCUT2D eigenvalue weighted by Gasteiger charge is -2.21. The summed E-state index contributed by atoms with van der Waals surface area (Å²) in [4.78, 5) is 10.7. The molecule has 1 saturated heterocycles. The molecule has 1 heterocycles. The lowest BCUT2D eigenvalue weighted by atomic mass is 10.0. The molecule has 5 nitrogen and oxygen atoms in total. The first-order valence-electron chi connectivity index (χ1n) is 4.15. The zero-order valence-electron chi connectivity index (χ0n) is 7.01. The van der Waals surface area contributed by atoms with Crippen LogP contribution in [0, 0.1) is 5.92 Å². The van der Waals surface area contributed by atoms with E-state index in [4.69, 9.17) is 10.6 Å². The Morgan fingerprint density at radius 3 is 2.75 bits per heavy atom. The van der Waals surface area contributed by atoms with E-state index in [1.165, 1.54) is 0 Å². The van der Waals surface area contributed by atoms with Gasteiger partial charge in [-0.25, -0.2) is 10.6 Å². The molecule has 0 bridgehead atoms. The maximum Gasteiger partial charge on any atom is 0.328 e. The number of carbonyl (C=O) groups excluding carboxylic acids is 1. The average Bonchev–Trinajstić information content (AvgIpc) is 2.16. The molecule has 0 saturated carbocycles. The van der Waals surface area contributed by atoms with Crippen LogP contribution >= 0.6 is 0 Å². The second-order valence-corrected chi connectivity index (χ2v) is 2.91. The van der Waals surface area contributed by atoms with Gasteiger partial charge in [0.05, 0.1) is 0 Å². The highest BCUT2D eigenvalue weighted by Gasteiger charge is 2.13. The Bertz CT molecular complexity index is 146. The van der Waals surface area contributed by atoms with E-state index in [9.17, 15) is 4.79 Å². The van der Waals surface area contributed by atoms with Crippen LogP contribution in [0.5, 0.6) is 0 Å². The first-order valence-corrected chi connectivity index (χ1v) is 4.15. The summed E-state index contributed by atoms with van der Waals surface area (Å²) < 4.78 is 5.18. The SMILES string of the molecule is NNC(=O)NCC1CCOCC1. The molecular weight excluding hydrogens is 158 g/mol. The molecule has 5 heteroatoms. The largest absolute Gasteiger partial charge is 0.381 e. The lowest BCUT2D eigenvalue weighted by Crippen LogP contribution is -2.42. The zero-order valence-corrected chi connectivity index (χ0v) is 7.01. The Hall–Kier alpha value is -0.810. The molecule has 4 N–H and O–H groups in total. The molecule has 1 rings (SSSR count). The Labute approximate surface area is 71.6 Å². The fourth-order valence-electron chi connectivity index (χ4n) is 1.24. The predicted octanol–water partition coefficient (Wildman–Crippen LogP) is -0.414. The van der Waals surface area contributed by atoms with Crippen LogP contribution in [0.15, 0.2) is 0 Å². The third-order valence-corrected chi connectivity index (χ3v) is 2.02. The van der Waals surface area contributed by atoms with E-state index < -0.39 is 0 Å². The number of carbonyl (C=O) groups is 1. The Kier molecular flexibility index (Phi) is 3.83. The van der Waals surface area contributed by atoms with Gasteiger partial charge in [0.15, 0.2) is 0 Å². The summed E-state index contributed by atoms with van der Waals surface area (Å²) in [5.41, 5.74) is 2.02. The van der Waals surface area contributed by atoms with Gasteiger partial charge in [0, 0.05) is 19.8 Å². The number of amides is 2. The van der Waals surface area contributed by atoms with Gasteiger partial charge in [-0.05, 0) is 18.8 Å². The van der Waals surface area contributed by atoms with E-state index in [0.29, 0.717) is 12.5 Å². The number of hydrogen-bond donors (Lipinski definition) is 3. The molecule has 70 valence electrons. The van der Waals surface area contributed by atoms with E-state index in [1.54, 1.807) is 0 Å². The Morgan fingerprint density at radius 1 is 1.50 bits per heavy atom. The minimum absolute atomic E-state index is 0.318. The van der Waals surface area contributed by atoms with Crippen molar-refractivity contribution in [1.82, 2.24) is 10.7 Å². The van der Waals surface area contributed by atoms with E-state index >= 15 is 0 Å². The molecule has 0 unspecified atom stereocenters. The summed E-state index contributed by atoms with van der Waals surface area (Å²) in [6.07, 6.45) is 2.04. The number of hydrazine groups is 1. The van der Waals surface area contributed by atoms with Gasteiger partial charge >= 0.3 is 6.03 Å². The highest BCUT2D eigenvalue weighted by Crippen LogP contribution is 2.12. The quantitative estimate of drug-likeness (QED) is 0.302. The van der Waals surface area contributed by atoms with Crippen molar-refractivity contribution in [3.05, 3.63) is 0 Å². The number of ether oxygens (including phenoxy) is 1. The van der Waals surface area contributed by atoms with Gasteiger partial charge in [0.2, 0.25) is 0 Å². The van der Waals surface area contributed by atoms with Gasteiger partial charge < -0.3 is 10.1 Å². The molecule has 0 aromatic carbocycles. The first kappa shape index (κ1) is 9.28. The third kappa shape index (κ3) is 3.06. The zero-order chi connectivity index (χ0) is 8.81. The van der Waals surface area contributed by atoms with Crippen LogP contribution in [0.3, 0.4) is 0 Å². The van der Waals surface area contributed by atoms with Gasteiger partial charge in [-0.15, -0.1) is 0 Å². The van der Waals surface area contributed by atoms with Crippen LogP contribution in [0.1, 0.15) is 12.8 Å². The van der Waals surface area contributed by atoms with Crippen molar-refractivity contribution in [2.45, 2.75) is 12.8 Å². The summed E-state index contributed by atoms with van der Waals surface area (Å²) in [6.45, 7) is 2.29. The van der Waals surface area contributed by atoms with Crippen molar-refractivity contribution >= 4 is 6.03 Å². The van der Waals surface area contributed by atoms with Crippen molar-refractivity contribution in [3.63, 3.8) is 0 Å². The number of urea groups is 1. The van der Waals surface area contributed by atoms with Crippen molar-refractivity contribution in [1.29, 1.82) is 0 Å². The molecule has 1 aliphatic rings. The van der Waals surface area contributed by atoms with Gasteiger partial charge in [-0.2, -0.15) is 0 Å². The van der Waals surface area contributed by atoms with E-state index in [-0.39, 0.29) is 6.03 Å². The van der Waals surface area contributed by atoms with Gasteiger partial charge in [-0.3, -0.25) is 5.43 Å². The minimum Gasteiger partial charge on any atom is -0.381 e. The maximum atomic E-state index is 10.7. The summed E-state index contributed by atoms with van der Waals surface area (Å²) in [5.74, 6) is 5.44. The fourth-order valence-corrected chi connectivity index (χ4v) is 1.24. The lowest BCUT2D eigenvalue weighted by molar-refractivity contribution is 0.0669. The van der Waals surface area contributed by atoms with Crippen LogP contribution in [-0.4, -0.2) is 25.8 Å². The van der Waals surface area contributed by atoms with E-state index in [0.717, 1.165) is 26.1 Å². The van der Waals surface area contributed by atoms with Crippen LogP contribution in [-0.2, 0) is 4.74 Å². The second-order valence-electron chi connectivity index (χ2n) is 2.91. The standard InChI is InChI=1S/C7H15N3O2/c8-10-7(11)9-5-6-1-3-12-4-2-6/h6H,1-5,8H2,(H2,9,10,11). The molecule has 2 amide bonds. The third-order valence-electron chi connectivity index (χ3n) is 2.02.